The SMILES string of the molecule is Sc1c2cccc1-c1ccc(cc1)OCCCc1ccc(nc1)-c1cccc(n1)-c1ccc(cn1)CCCOc1ccc-2cc1. The second-order valence-corrected chi connectivity index (χ2v) is 11.6. The monoisotopic (exact) mass is 607 g/mol. The lowest BCUT2D eigenvalue weighted by atomic mass is 9.98. The molecule has 12 bridgehead atoms. The zero-order valence-corrected chi connectivity index (χ0v) is 25.8. The first-order valence-electron chi connectivity index (χ1n) is 15.4. The van der Waals surface area contributed by atoms with Gasteiger partial charge in [-0.25, -0.2) is 4.98 Å². The van der Waals surface area contributed by atoms with Crippen LogP contribution in [0.4, 0.5) is 0 Å². The largest absolute Gasteiger partial charge is 0.494 e. The first-order chi connectivity index (χ1) is 22.2. The van der Waals surface area contributed by atoms with Gasteiger partial charge in [0.2, 0.25) is 0 Å². The molecule has 3 aromatic heterocycles. The molecule has 7 aliphatic heterocycles. The number of rotatable bonds is 0. The Morgan fingerprint density at radius 3 is 1.40 bits per heavy atom. The summed E-state index contributed by atoms with van der Waals surface area (Å²) in [5, 5.41) is 0. The predicted octanol–water partition coefficient (Wildman–Crippen LogP) is 9.16. The van der Waals surface area contributed by atoms with Crippen molar-refractivity contribution in [3.8, 4) is 56.5 Å². The van der Waals surface area contributed by atoms with Crippen LogP contribution in [0.1, 0.15) is 24.0 Å². The zero-order valence-electron chi connectivity index (χ0n) is 24.9. The van der Waals surface area contributed by atoms with Crippen molar-refractivity contribution in [1.82, 2.24) is 15.0 Å². The number of aromatic nitrogens is 3. The van der Waals surface area contributed by atoms with Crippen molar-refractivity contribution in [2.24, 2.45) is 0 Å². The molecule has 0 N–H and O–H groups in total. The average Bonchev–Trinajstić information content (AvgIpc) is 3.10. The fraction of sp³-hybridized carbons (Fsp3) is 0.154. The number of thiol groups is 1. The smallest absolute Gasteiger partial charge is 0.119 e. The van der Waals surface area contributed by atoms with Crippen LogP contribution >= 0.6 is 12.6 Å². The van der Waals surface area contributed by atoms with Gasteiger partial charge in [-0.2, -0.15) is 0 Å². The molecule has 6 heteroatoms. The predicted molar refractivity (Wildman–Crippen MR) is 183 cm³/mol. The van der Waals surface area contributed by atoms with E-state index in [0.29, 0.717) is 13.2 Å². The van der Waals surface area contributed by atoms with E-state index in [1.54, 1.807) is 0 Å². The fourth-order valence-corrected chi connectivity index (χ4v) is 5.98. The van der Waals surface area contributed by atoms with Gasteiger partial charge < -0.3 is 9.47 Å². The lowest BCUT2D eigenvalue weighted by molar-refractivity contribution is 0.311. The highest BCUT2D eigenvalue weighted by Gasteiger charge is 2.11. The van der Waals surface area contributed by atoms with E-state index >= 15 is 0 Å². The molecule has 0 unspecified atom stereocenters. The third-order valence-corrected chi connectivity index (χ3v) is 8.53. The normalized spacial score (nSPS) is 13.3. The molecule has 222 valence electrons. The van der Waals surface area contributed by atoms with Crippen LogP contribution in [-0.2, 0) is 12.8 Å². The van der Waals surface area contributed by atoms with Crippen molar-refractivity contribution < 1.29 is 9.47 Å². The van der Waals surface area contributed by atoms with Crippen LogP contribution in [0, 0.1) is 0 Å². The first kappa shape index (κ1) is 28.8. The van der Waals surface area contributed by atoms with E-state index in [-0.39, 0.29) is 0 Å². The van der Waals surface area contributed by atoms with E-state index in [2.05, 4.69) is 54.6 Å². The Kier molecular flexibility index (Phi) is 8.56. The highest BCUT2D eigenvalue weighted by atomic mass is 32.1. The van der Waals surface area contributed by atoms with E-state index in [1.165, 1.54) is 11.1 Å². The molecular weight excluding hydrogens is 575 g/mol. The van der Waals surface area contributed by atoms with Gasteiger partial charge in [0, 0.05) is 17.3 Å². The summed E-state index contributed by atoms with van der Waals surface area (Å²) in [7, 11) is 0. The van der Waals surface area contributed by atoms with Gasteiger partial charge in [0.25, 0.3) is 0 Å². The van der Waals surface area contributed by atoms with E-state index < -0.39 is 0 Å². The Hall–Kier alpha value is -4.94. The molecule has 0 saturated carbocycles. The maximum atomic E-state index is 6.07. The maximum Gasteiger partial charge on any atom is 0.119 e. The van der Waals surface area contributed by atoms with Gasteiger partial charge in [-0.15, -0.1) is 12.6 Å². The number of hydrogen-bond donors (Lipinski definition) is 1. The van der Waals surface area contributed by atoms with Crippen molar-refractivity contribution >= 4 is 12.6 Å². The summed E-state index contributed by atoms with van der Waals surface area (Å²) in [5.74, 6) is 1.71. The first-order valence-corrected chi connectivity index (χ1v) is 15.8. The maximum absolute atomic E-state index is 6.07. The molecule has 7 aliphatic rings. The Morgan fingerprint density at radius 1 is 0.489 bits per heavy atom. The van der Waals surface area contributed by atoms with Crippen LogP contribution in [0.25, 0.3) is 45.0 Å². The second-order valence-electron chi connectivity index (χ2n) is 11.2. The Bertz CT molecular complexity index is 1760. The third kappa shape index (κ3) is 6.76. The number of ether oxygens (including phenoxy) is 2. The highest BCUT2D eigenvalue weighted by molar-refractivity contribution is 7.80. The van der Waals surface area contributed by atoms with Crippen molar-refractivity contribution in [2.45, 2.75) is 30.6 Å². The molecule has 0 spiro atoms. The van der Waals surface area contributed by atoms with Crippen molar-refractivity contribution in [3.63, 3.8) is 0 Å². The number of hydrogen-bond acceptors (Lipinski definition) is 6. The molecule has 10 heterocycles. The van der Waals surface area contributed by atoms with Gasteiger partial charge in [0.15, 0.2) is 0 Å². The van der Waals surface area contributed by atoms with Gasteiger partial charge in [0.1, 0.15) is 11.5 Å². The molecule has 0 saturated heterocycles. The zero-order chi connectivity index (χ0) is 30.4. The van der Waals surface area contributed by atoms with Gasteiger partial charge in [0.05, 0.1) is 36.0 Å². The summed E-state index contributed by atoms with van der Waals surface area (Å²) in [5.41, 5.74) is 10.1. The molecule has 0 radical (unpaired) electrons. The molecule has 6 aromatic rings. The minimum atomic E-state index is 0.628. The molecule has 13 rings (SSSR count). The summed E-state index contributed by atoms with van der Waals surface area (Å²) in [4.78, 5) is 15.2. The number of aryl methyl sites for hydroxylation is 2. The quantitative estimate of drug-likeness (QED) is 0.175. The molecule has 0 aliphatic carbocycles. The molecule has 3 aromatic carbocycles. The van der Waals surface area contributed by atoms with E-state index in [4.69, 9.17) is 37.1 Å². The molecule has 5 nitrogen and oxygen atoms in total. The summed E-state index contributed by atoms with van der Waals surface area (Å²) in [6, 6.07) is 37.1. The molecule has 0 amide bonds. The highest BCUT2D eigenvalue weighted by Crippen LogP contribution is 2.36. The van der Waals surface area contributed by atoms with Gasteiger partial charge in [-0.1, -0.05) is 60.7 Å². The number of benzene rings is 3. The Balaban J connectivity index is 1.13. The molecule has 0 atom stereocenters. The van der Waals surface area contributed by atoms with Gasteiger partial charge in [-0.3, -0.25) is 9.97 Å². The molecule has 45 heavy (non-hydrogen) atoms. The second kappa shape index (κ2) is 13.4. The summed E-state index contributed by atoms with van der Waals surface area (Å²) >= 11 is 4.95. The van der Waals surface area contributed by atoms with E-state index in [9.17, 15) is 0 Å². The van der Waals surface area contributed by atoms with Crippen molar-refractivity contribution in [1.29, 1.82) is 0 Å². The van der Waals surface area contributed by atoms with Crippen molar-refractivity contribution in [3.05, 3.63) is 133 Å². The summed E-state index contributed by atoms with van der Waals surface area (Å²) in [6.45, 7) is 1.26. The lowest BCUT2D eigenvalue weighted by Crippen LogP contribution is -2.00. The Labute approximate surface area is 269 Å². The van der Waals surface area contributed by atoms with Gasteiger partial charge >= 0.3 is 0 Å². The average molecular weight is 608 g/mol. The van der Waals surface area contributed by atoms with Crippen LogP contribution in [-0.4, -0.2) is 28.2 Å². The van der Waals surface area contributed by atoms with Crippen molar-refractivity contribution in [2.75, 3.05) is 13.2 Å². The third-order valence-electron chi connectivity index (χ3n) is 8.05. The Morgan fingerprint density at radius 2 is 0.956 bits per heavy atom. The van der Waals surface area contributed by atoms with Crippen LogP contribution in [0.15, 0.2) is 126 Å². The van der Waals surface area contributed by atoms with Crippen LogP contribution in [0.3, 0.4) is 0 Å². The number of nitrogens with zero attached hydrogens (tertiary/aromatic N) is 3. The summed E-state index contributed by atoms with van der Waals surface area (Å²) < 4.78 is 12.1. The van der Waals surface area contributed by atoms with Crippen LogP contribution < -0.4 is 9.47 Å². The van der Waals surface area contributed by atoms with Crippen LogP contribution in [0.5, 0.6) is 11.5 Å². The minimum Gasteiger partial charge on any atom is -0.494 e. The van der Waals surface area contributed by atoms with Gasteiger partial charge in [-0.05, 0) is 108 Å². The lowest BCUT2D eigenvalue weighted by Gasteiger charge is -2.13. The summed E-state index contributed by atoms with van der Waals surface area (Å²) in [6.07, 6.45) is 7.43. The molecule has 0 fully saturated rings. The van der Waals surface area contributed by atoms with Crippen LogP contribution in [0.2, 0.25) is 0 Å². The molecular formula is C39H33N3O2S. The topological polar surface area (TPSA) is 57.1 Å². The van der Waals surface area contributed by atoms with E-state index in [0.717, 1.165) is 87.1 Å². The van der Waals surface area contributed by atoms with E-state index in [1.807, 2.05) is 67.0 Å². The minimum absolute atomic E-state index is 0.628. The standard InChI is InChI=1S/C39H33N3O2S/c45-39-33-7-1-8-34(39)30-15-19-32(20-16-30)44-24-4-6-28-12-22-36(41-26-28)38-10-2-9-37(42-38)35-21-11-27(25-40-35)5-3-23-43-31-17-13-29(33)14-18-31/h1-2,7-22,25-26,45H,3-6,23-24H2. The number of pyridine rings is 3. The fourth-order valence-electron chi connectivity index (χ4n) is 5.57.